The third-order valence-electron chi connectivity index (χ3n) is 4.52. The Hall–Kier alpha value is -1.56. The van der Waals surface area contributed by atoms with Gasteiger partial charge in [-0.05, 0) is 56.6 Å². The number of hydrogen-bond acceptors (Lipinski definition) is 4. The van der Waals surface area contributed by atoms with Crippen LogP contribution in [-0.4, -0.2) is 50.8 Å². The number of ether oxygens (including phenoxy) is 2. The van der Waals surface area contributed by atoms with Gasteiger partial charge in [0, 0.05) is 24.4 Å². The highest BCUT2D eigenvalue weighted by Crippen LogP contribution is 2.28. The van der Waals surface area contributed by atoms with Crippen LogP contribution < -0.4 is 20.1 Å². The average Bonchev–Trinajstić information content (AvgIpc) is 3.09. The summed E-state index contributed by atoms with van der Waals surface area (Å²) >= 11 is 1.98. The minimum atomic E-state index is 0.538. The zero-order chi connectivity index (χ0) is 18.1. The van der Waals surface area contributed by atoms with Gasteiger partial charge in [-0.2, -0.15) is 11.8 Å². The lowest BCUT2D eigenvalue weighted by atomic mass is 10.1. The Kier molecular flexibility index (Phi) is 8.25. The van der Waals surface area contributed by atoms with E-state index in [1.165, 1.54) is 24.8 Å². The molecule has 2 unspecified atom stereocenters. The van der Waals surface area contributed by atoms with Gasteiger partial charge in [0.1, 0.15) is 0 Å². The number of nitrogens with zero attached hydrogens (tertiary/aromatic N) is 1. The molecule has 2 atom stereocenters. The van der Waals surface area contributed by atoms with Gasteiger partial charge in [0.05, 0.1) is 14.2 Å². The summed E-state index contributed by atoms with van der Waals surface area (Å²) in [6.07, 6.45) is 6.82. The molecule has 0 bridgehead atoms. The van der Waals surface area contributed by atoms with Gasteiger partial charge in [-0.15, -0.1) is 0 Å². The first-order chi connectivity index (χ1) is 12.2. The quantitative estimate of drug-likeness (QED) is 0.548. The number of methoxy groups -OCH3 is 2. The fourth-order valence-corrected chi connectivity index (χ4v) is 3.93. The fourth-order valence-electron chi connectivity index (χ4n) is 3.13. The van der Waals surface area contributed by atoms with Gasteiger partial charge < -0.3 is 20.1 Å². The van der Waals surface area contributed by atoms with Gasteiger partial charge in [-0.1, -0.05) is 6.07 Å². The highest BCUT2D eigenvalue weighted by molar-refractivity contribution is 7.99. The van der Waals surface area contributed by atoms with Crippen molar-refractivity contribution in [2.24, 2.45) is 4.99 Å². The standard InChI is InChI=1S/C19H31N3O2S/c1-5-20-19(22-15-7-8-16(13-15)25-4)21-11-10-14-6-9-17(23-2)18(12-14)24-3/h6,9,12,15-16H,5,7-8,10-11,13H2,1-4H3,(H2,20,21,22). The Morgan fingerprint density at radius 2 is 2.04 bits per heavy atom. The second kappa shape index (κ2) is 10.4. The molecule has 25 heavy (non-hydrogen) atoms. The molecule has 1 fully saturated rings. The Morgan fingerprint density at radius 1 is 1.24 bits per heavy atom. The van der Waals surface area contributed by atoms with Gasteiger partial charge in [0.25, 0.3) is 0 Å². The van der Waals surface area contributed by atoms with Crippen molar-refractivity contribution in [3.63, 3.8) is 0 Å². The predicted octanol–water partition coefficient (Wildman–Crippen LogP) is 3.09. The molecular formula is C19H31N3O2S. The Labute approximate surface area is 156 Å². The van der Waals surface area contributed by atoms with E-state index in [9.17, 15) is 0 Å². The Balaban J connectivity index is 1.90. The van der Waals surface area contributed by atoms with Crippen molar-refractivity contribution in [3.05, 3.63) is 23.8 Å². The molecular weight excluding hydrogens is 334 g/mol. The minimum absolute atomic E-state index is 0.538. The summed E-state index contributed by atoms with van der Waals surface area (Å²) in [6.45, 7) is 3.72. The summed E-state index contributed by atoms with van der Waals surface area (Å²) in [5, 5.41) is 7.73. The van der Waals surface area contributed by atoms with E-state index in [-0.39, 0.29) is 0 Å². The van der Waals surface area contributed by atoms with E-state index < -0.39 is 0 Å². The average molecular weight is 366 g/mol. The van der Waals surface area contributed by atoms with Crippen molar-refractivity contribution in [3.8, 4) is 11.5 Å². The molecule has 0 spiro atoms. The summed E-state index contributed by atoms with van der Waals surface area (Å²) in [7, 11) is 3.32. The molecule has 0 amide bonds. The molecule has 0 radical (unpaired) electrons. The lowest BCUT2D eigenvalue weighted by Crippen LogP contribution is -2.42. The van der Waals surface area contributed by atoms with Crippen molar-refractivity contribution in [1.29, 1.82) is 0 Å². The molecule has 140 valence electrons. The molecule has 6 heteroatoms. The van der Waals surface area contributed by atoms with Crippen molar-refractivity contribution in [2.75, 3.05) is 33.6 Å². The van der Waals surface area contributed by atoms with E-state index in [0.717, 1.165) is 42.2 Å². The first-order valence-corrected chi connectivity index (χ1v) is 10.3. The number of aliphatic imine (C=N–C) groups is 1. The second-order valence-electron chi connectivity index (χ2n) is 6.21. The molecule has 2 rings (SSSR count). The van der Waals surface area contributed by atoms with E-state index in [4.69, 9.17) is 14.5 Å². The van der Waals surface area contributed by atoms with Gasteiger partial charge in [0.15, 0.2) is 17.5 Å². The highest BCUT2D eigenvalue weighted by Gasteiger charge is 2.24. The van der Waals surface area contributed by atoms with Crippen LogP contribution in [0.5, 0.6) is 11.5 Å². The van der Waals surface area contributed by atoms with Crippen molar-refractivity contribution < 1.29 is 9.47 Å². The maximum absolute atomic E-state index is 5.36. The lowest BCUT2D eigenvalue weighted by molar-refractivity contribution is 0.354. The normalized spacial score (nSPS) is 20.4. The van der Waals surface area contributed by atoms with Crippen LogP contribution in [0.25, 0.3) is 0 Å². The van der Waals surface area contributed by atoms with Crippen LogP contribution in [0.3, 0.4) is 0 Å². The molecule has 0 aromatic heterocycles. The topological polar surface area (TPSA) is 54.9 Å². The number of benzene rings is 1. The third-order valence-corrected chi connectivity index (χ3v) is 5.62. The van der Waals surface area contributed by atoms with E-state index in [0.29, 0.717) is 6.04 Å². The van der Waals surface area contributed by atoms with Crippen LogP contribution in [0.2, 0.25) is 0 Å². The van der Waals surface area contributed by atoms with E-state index in [2.05, 4.69) is 29.9 Å². The summed E-state index contributed by atoms with van der Waals surface area (Å²) in [4.78, 5) is 4.74. The largest absolute Gasteiger partial charge is 0.493 e. The number of guanidine groups is 1. The van der Waals surface area contributed by atoms with E-state index >= 15 is 0 Å². The van der Waals surface area contributed by atoms with Crippen LogP contribution in [0.15, 0.2) is 23.2 Å². The van der Waals surface area contributed by atoms with Gasteiger partial charge >= 0.3 is 0 Å². The number of rotatable bonds is 8. The Bertz CT molecular complexity index is 566. The first kappa shape index (κ1) is 19.8. The molecule has 1 aromatic carbocycles. The monoisotopic (exact) mass is 365 g/mol. The maximum atomic E-state index is 5.36. The summed E-state index contributed by atoms with van der Waals surface area (Å²) < 4.78 is 10.6. The molecule has 1 aliphatic carbocycles. The number of thioether (sulfide) groups is 1. The van der Waals surface area contributed by atoms with Gasteiger partial charge in [-0.3, -0.25) is 4.99 Å². The van der Waals surface area contributed by atoms with Crippen LogP contribution in [0.4, 0.5) is 0 Å². The summed E-state index contributed by atoms with van der Waals surface area (Å²) in [6, 6.07) is 6.57. The minimum Gasteiger partial charge on any atom is -0.493 e. The lowest BCUT2D eigenvalue weighted by Gasteiger charge is -2.17. The predicted molar refractivity (Wildman–Crippen MR) is 107 cm³/mol. The molecule has 0 saturated heterocycles. The van der Waals surface area contributed by atoms with Crippen LogP contribution in [0, 0.1) is 0 Å². The smallest absolute Gasteiger partial charge is 0.191 e. The fraction of sp³-hybridized carbons (Fsp3) is 0.632. The van der Waals surface area contributed by atoms with Crippen LogP contribution in [0.1, 0.15) is 31.7 Å². The molecule has 5 nitrogen and oxygen atoms in total. The van der Waals surface area contributed by atoms with Crippen LogP contribution >= 0.6 is 11.8 Å². The number of nitrogens with one attached hydrogen (secondary N) is 2. The third kappa shape index (κ3) is 6.03. The molecule has 1 aromatic rings. The zero-order valence-corrected chi connectivity index (χ0v) is 16.6. The highest BCUT2D eigenvalue weighted by atomic mass is 32.2. The van der Waals surface area contributed by atoms with E-state index in [1.54, 1.807) is 14.2 Å². The maximum Gasteiger partial charge on any atom is 0.191 e. The zero-order valence-electron chi connectivity index (χ0n) is 15.8. The van der Waals surface area contributed by atoms with Gasteiger partial charge in [0.2, 0.25) is 0 Å². The summed E-state index contributed by atoms with van der Waals surface area (Å²) in [5.41, 5.74) is 1.19. The van der Waals surface area contributed by atoms with Crippen molar-refractivity contribution in [1.82, 2.24) is 10.6 Å². The number of hydrogen-bond donors (Lipinski definition) is 2. The first-order valence-electron chi connectivity index (χ1n) is 8.98. The molecule has 0 heterocycles. The van der Waals surface area contributed by atoms with E-state index in [1.807, 2.05) is 23.9 Å². The SMILES string of the molecule is CCNC(=NCCc1ccc(OC)c(OC)c1)NC1CCC(SC)C1. The van der Waals surface area contributed by atoms with Crippen LogP contribution in [-0.2, 0) is 6.42 Å². The van der Waals surface area contributed by atoms with Crippen molar-refractivity contribution >= 4 is 17.7 Å². The molecule has 2 N–H and O–H groups in total. The van der Waals surface area contributed by atoms with Crippen molar-refractivity contribution in [2.45, 2.75) is 43.9 Å². The molecule has 0 aliphatic heterocycles. The molecule has 1 saturated carbocycles. The molecule has 1 aliphatic rings. The summed E-state index contributed by atoms with van der Waals surface area (Å²) in [5.74, 6) is 2.45. The second-order valence-corrected chi connectivity index (χ2v) is 7.35. The Morgan fingerprint density at radius 3 is 2.68 bits per heavy atom. The van der Waals surface area contributed by atoms with Gasteiger partial charge in [-0.25, -0.2) is 0 Å².